The molecule has 0 aliphatic rings. The molecular formula is C24H47ClO3. The first-order chi connectivity index (χ1) is 13.6. The molecular weight excluding hydrogens is 372 g/mol. The van der Waals surface area contributed by atoms with E-state index >= 15 is 0 Å². The third-order valence-corrected chi connectivity index (χ3v) is 5.72. The Kier molecular flexibility index (Phi) is 21.2. The Balaban J connectivity index is 3.64. The van der Waals surface area contributed by atoms with Crippen molar-refractivity contribution in [3.05, 3.63) is 0 Å². The quantitative estimate of drug-likeness (QED) is 0.141. The molecule has 2 unspecified atom stereocenters. The molecule has 168 valence electrons. The maximum Gasteiger partial charge on any atom is 0.303 e. The molecule has 0 saturated heterocycles. The van der Waals surface area contributed by atoms with Crippen LogP contribution in [0.1, 0.15) is 136 Å². The molecule has 0 aromatic carbocycles. The van der Waals surface area contributed by atoms with E-state index in [9.17, 15) is 4.79 Å². The summed E-state index contributed by atoms with van der Waals surface area (Å²) in [5.74, 6) is -0.726. The minimum atomic E-state index is -0.726. The minimum absolute atomic E-state index is 0.112. The number of aliphatic carboxylic acids is 1. The molecule has 28 heavy (non-hydrogen) atoms. The molecule has 0 rings (SSSR count). The second kappa shape index (κ2) is 21.4. The van der Waals surface area contributed by atoms with Crippen LogP contribution in [0.4, 0.5) is 0 Å². The second-order valence-electron chi connectivity index (χ2n) is 8.27. The van der Waals surface area contributed by atoms with Crippen molar-refractivity contribution in [2.75, 3.05) is 0 Å². The van der Waals surface area contributed by atoms with Gasteiger partial charge in [0.1, 0.15) is 5.56 Å². The third kappa shape index (κ3) is 20.5. The maximum absolute atomic E-state index is 10.7. The minimum Gasteiger partial charge on any atom is -0.481 e. The first-order valence-corrected chi connectivity index (χ1v) is 12.5. The summed E-state index contributed by atoms with van der Waals surface area (Å²) in [7, 11) is 0. The zero-order valence-electron chi connectivity index (χ0n) is 18.7. The molecule has 4 heteroatoms. The monoisotopic (exact) mass is 418 g/mol. The Morgan fingerprint density at radius 3 is 1.64 bits per heavy atom. The summed E-state index contributed by atoms with van der Waals surface area (Å²) in [5.41, 5.74) is -0.234. The fourth-order valence-corrected chi connectivity index (χ4v) is 4.02. The van der Waals surface area contributed by atoms with Gasteiger partial charge in [-0.3, -0.25) is 4.79 Å². The SMILES string of the molecule is CCCCCCCCCCCCCCCC(CCCC(=O)O)OC(Cl)CCC. The molecule has 0 aromatic rings. The predicted molar refractivity (Wildman–Crippen MR) is 121 cm³/mol. The number of ether oxygens (including phenoxy) is 1. The van der Waals surface area contributed by atoms with Crippen molar-refractivity contribution in [2.45, 2.75) is 148 Å². The van der Waals surface area contributed by atoms with E-state index in [4.69, 9.17) is 21.4 Å². The number of halogens is 1. The number of alkyl halides is 1. The van der Waals surface area contributed by atoms with Gasteiger partial charge in [0.25, 0.3) is 0 Å². The molecule has 0 radical (unpaired) electrons. The molecule has 0 fully saturated rings. The van der Waals surface area contributed by atoms with Crippen LogP contribution in [0.2, 0.25) is 0 Å². The molecule has 0 amide bonds. The highest BCUT2D eigenvalue weighted by Gasteiger charge is 2.14. The smallest absolute Gasteiger partial charge is 0.303 e. The van der Waals surface area contributed by atoms with Crippen LogP contribution >= 0.6 is 11.6 Å². The second-order valence-corrected chi connectivity index (χ2v) is 8.76. The average Bonchev–Trinajstić information content (AvgIpc) is 2.65. The van der Waals surface area contributed by atoms with Gasteiger partial charge in [0.05, 0.1) is 6.10 Å². The van der Waals surface area contributed by atoms with Crippen LogP contribution in [0.5, 0.6) is 0 Å². The van der Waals surface area contributed by atoms with E-state index in [1.165, 1.54) is 77.0 Å². The van der Waals surface area contributed by atoms with E-state index in [0.717, 1.165) is 32.1 Å². The predicted octanol–water partition coefficient (Wildman–Crippen LogP) is 8.47. The lowest BCUT2D eigenvalue weighted by Gasteiger charge is -2.21. The molecule has 1 N–H and O–H groups in total. The lowest BCUT2D eigenvalue weighted by Crippen LogP contribution is -2.19. The number of hydrogen-bond donors (Lipinski definition) is 1. The van der Waals surface area contributed by atoms with E-state index in [1.54, 1.807) is 0 Å². The van der Waals surface area contributed by atoms with Crippen molar-refractivity contribution in [1.29, 1.82) is 0 Å². The van der Waals surface area contributed by atoms with Crippen molar-refractivity contribution in [3.8, 4) is 0 Å². The lowest BCUT2D eigenvalue weighted by atomic mass is 10.0. The largest absolute Gasteiger partial charge is 0.481 e. The van der Waals surface area contributed by atoms with Gasteiger partial charge >= 0.3 is 5.97 Å². The fraction of sp³-hybridized carbons (Fsp3) is 0.958. The van der Waals surface area contributed by atoms with Crippen molar-refractivity contribution >= 4 is 17.6 Å². The van der Waals surface area contributed by atoms with Gasteiger partial charge in [-0.2, -0.15) is 0 Å². The molecule has 3 nitrogen and oxygen atoms in total. The first-order valence-electron chi connectivity index (χ1n) is 12.1. The Labute approximate surface area is 180 Å². The van der Waals surface area contributed by atoms with Gasteiger partial charge in [-0.15, -0.1) is 0 Å². The van der Waals surface area contributed by atoms with Crippen LogP contribution in [0.3, 0.4) is 0 Å². The van der Waals surface area contributed by atoms with Crippen molar-refractivity contribution in [3.63, 3.8) is 0 Å². The highest BCUT2D eigenvalue weighted by Crippen LogP contribution is 2.20. The van der Waals surface area contributed by atoms with Gasteiger partial charge in [0.2, 0.25) is 0 Å². The van der Waals surface area contributed by atoms with Crippen molar-refractivity contribution in [2.24, 2.45) is 0 Å². The summed E-state index contributed by atoms with van der Waals surface area (Å²) in [5, 5.41) is 8.82. The molecule has 0 bridgehead atoms. The Bertz CT molecular complexity index is 336. The average molecular weight is 419 g/mol. The van der Waals surface area contributed by atoms with Crippen molar-refractivity contribution in [1.82, 2.24) is 0 Å². The number of unbranched alkanes of at least 4 members (excludes halogenated alkanes) is 12. The zero-order valence-corrected chi connectivity index (χ0v) is 19.5. The standard InChI is InChI=1S/C24H47ClO3/c1-3-5-6-7-8-9-10-11-12-13-14-15-16-19-22(20-17-21-24(26)27)28-23(25)18-4-2/h22-23H,3-21H2,1-2H3,(H,26,27). The number of carboxylic acid groups (broad SMARTS) is 1. The van der Waals surface area contributed by atoms with Gasteiger partial charge in [-0.05, 0) is 25.7 Å². The van der Waals surface area contributed by atoms with E-state index in [0.29, 0.717) is 6.42 Å². The van der Waals surface area contributed by atoms with E-state index in [-0.39, 0.29) is 18.1 Å². The van der Waals surface area contributed by atoms with Crippen LogP contribution in [0.25, 0.3) is 0 Å². The van der Waals surface area contributed by atoms with E-state index in [2.05, 4.69) is 13.8 Å². The molecule has 0 aromatic heterocycles. The Morgan fingerprint density at radius 1 is 0.714 bits per heavy atom. The number of carboxylic acids is 1. The maximum atomic E-state index is 10.7. The van der Waals surface area contributed by atoms with E-state index in [1.807, 2.05) is 0 Å². The van der Waals surface area contributed by atoms with Crippen LogP contribution in [-0.4, -0.2) is 22.7 Å². The summed E-state index contributed by atoms with van der Waals surface area (Å²) in [6, 6.07) is 0. The Hall–Kier alpha value is -0.280. The molecule has 0 saturated carbocycles. The summed E-state index contributed by atoms with van der Waals surface area (Å²) >= 11 is 6.24. The van der Waals surface area contributed by atoms with Gasteiger partial charge in [-0.25, -0.2) is 0 Å². The molecule has 0 spiro atoms. The van der Waals surface area contributed by atoms with Gasteiger partial charge in [0, 0.05) is 6.42 Å². The number of carbonyl (C=O) groups is 1. The summed E-state index contributed by atoms with van der Waals surface area (Å²) < 4.78 is 5.95. The Morgan fingerprint density at radius 2 is 1.18 bits per heavy atom. The lowest BCUT2D eigenvalue weighted by molar-refractivity contribution is -0.137. The summed E-state index contributed by atoms with van der Waals surface area (Å²) in [6.07, 6.45) is 22.3. The molecule has 0 aliphatic carbocycles. The van der Waals surface area contributed by atoms with Crippen LogP contribution in [-0.2, 0) is 9.53 Å². The molecule has 2 atom stereocenters. The van der Waals surface area contributed by atoms with E-state index < -0.39 is 5.97 Å². The number of hydrogen-bond acceptors (Lipinski definition) is 2. The van der Waals surface area contributed by atoms with Gasteiger partial charge < -0.3 is 9.84 Å². The van der Waals surface area contributed by atoms with Crippen LogP contribution < -0.4 is 0 Å². The summed E-state index contributed by atoms with van der Waals surface area (Å²) in [4.78, 5) is 10.7. The molecule has 0 aliphatic heterocycles. The number of rotatable bonds is 22. The van der Waals surface area contributed by atoms with Crippen LogP contribution in [0.15, 0.2) is 0 Å². The van der Waals surface area contributed by atoms with Gasteiger partial charge in [-0.1, -0.05) is 115 Å². The third-order valence-electron chi connectivity index (χ3n) is 5.40. The fourth-order valence-electron chi connectivity index (χ4n) is 3.65. The van der Waals surface area contributed by atoms with Gasteiger partial charge in [0.15, 0.2) is 0 Å². The first kappa shape index (κ1) is 27.7. The zero-order chi connectivity index (χ0) is 20.9. The normalized spacial score (nSPS) is 13.5. The summed E-state index contributed by atoms with van der Waals surface area (Å²) in [6.45, 7) is 4.37. The highest BCUT2D eigenvalue weighted by molar-refractivity contribution is 6.19. The molecule has 0 heterocycles. The van der Waals surface area contributed by atoms with Crippen LogP contribution in [0, 0.1) is 0 Å². The van der Waals surface area contributed by atoms with Crippen molar-refractivity contribution < 1.29 is 14.6 Å². The highest BCUT2D eigenvalue weighted by atomic mass is 35.5. The topological polar surface area (TPSA) is 46.5 Å².